The first-order valence-electron chi connectivity index (χ1n) is 6.70. The van der Waals surface area contributed by atoms with E-state index in [0.717, 1.165) is 11.8 Å². The molecule has 0 radical (unpaired) electrons. The molecule has 16 heavy (non-hydrogen) atoms. The van der Waals surface area contributed by atoms with Crippen molar-refractivity contribution in [2.24, 2.45) is 11.8 Å². The molecule has 1 heterocycles. The summed E-state index contributed by atoms with van der Waals surface area (Å²) in [5, 5.41) is 5.98. The van der Waals surface area contributed by atoms with E-state index in [2.05, 4.69) is 22.8 Å². The zero-order chi connectivity index (χ0) is 10.8. The molecule has 0 aromatic carbocycles. The Labute approximate surface area is 102 Å². The largest absolute Gasteiger partial charge is 0.309 e. The van der Waals surface area contributed by atoms with Crippen molar-refractivity contribution in [3.63, 3.8) is 0 Å². The van der Waals surface area contributed by atoms with Crippen molar-refractivity contribution in [3.8, 4) is 0 Å². The van der Waals surface area contributed by atoms with E-state index in [1.807, 2.05) is 11.3 Å². The lowest BCUT2D eigenvalue weighted by atomic mass is 10.1. The van der Waals surface area contributed by atoms with Crippen molar-refractivity contribution in [2.45, 2.75) is 44.6 Å². The van der Waals surface area contributed by atoms with Gasteiger partial charge in [-0.1, -0.05) is 18.9 Å². The Morgan fingerprint density at radius 3 is 2.81 bits per heavy atom. The summed E-state index contributed by atoms with van der Waals surface area (Å²) < 4.78 is 0. The van der Waals surface area contributed by atoms with Crippen LogP contribution >= 0.6 is 11.3 Å². The molecular weight excluding hydrogens is 214 g/mol. The van der Waals surface area contributed by atoms with E-state index >= 15 is 0 Å². The van der Waals surface area contributed by atoms with E-state index < -0.39 is 0 Å². The third kappa shape index (κ3) is 2.86. The van der Waals surface area contributed by atoms with E-state index in [1.165, 1.54) is 45.1 Å². The molecule has 0 bridgehead atoms. The summed E-state index contributed by atoms with van der Waals surface area (Å²) in [6.45, 7) is 1.22. The van der Waals surface area contributed by atoms with Crippen LogP contribution in [-0.2, 0) is 0 Å². The number of nitrogens with one attached hydrogen (secondary N) is 1. The summed E-state index contributed by atoms with van der Waals surface area (Å²) in [6, 6.07) is 5.14. The second-order valence-electron chi connectivity index (χ2n) is 5.37. The number of hydrogen-bond donors (Lipinski definition) is 1. The minimum Gasteiger partial charge on any atom is -0.309 e. The lowest BCUT2D eigenvalue weighted by Crippen LogP contribution is -2.23. The second-order valence-corrected chi connectivity index (χ2v) is 6.35. The molecule has 2 aliphatic carbocycles. The predicted octanol–water partition coefficient (Wildman–Crippen LogP) is 3.98. The van der Waals surface area contributed by atoms with Crippen LogP contribution in [0.2, 0.25) is 0 Å². The van der Waals surface area contributed by atoms with Gasteiger partial charge in [0.2, 0.25) is 0 Å². The molecule has 88 valence electrons. The first-order chi connectivity index (χ1) is 7.93. The van der Waals surface area contributed by atoms with Crippen LogP contribution in [0.25, 0.3) is 0 Å². The molecule has 0 saturated heterocycles. The first kappa shape index (κ1) is 10.8. The lowest BCUT2D eigenvalue weighted by molar-refractivity contribution is 0.470. The zero-order valence-electron chi connectivity index (χ0n) is 9.82. The minimum absolute atomic E-state index is 0.666. The summed E-state index contributed by atoms with van der Waals surface area (Å²) in [6.07, 6.45) is 8.68. The molecule has 1 nitrogen and oxygen atoms in total. The molecule has 2 fully saturated rings. The van der Waals surface area contributed by atoms with Crippen molar-refractivity contribution in [1.29, 1.82) is 0 Å². The van der Waals surface area contributed by atoms with Crippen LogP contribution < -0.4 is 5.32 Å². The molecule has 2 saturated carbocycles. The maximum atomic E-state index is 3.78. The number of hydrogen-bond acceptors (Lipinski definition) is 2. The highest BCUT2D eigenvalue weighted by molar-refractivity contribution is 7.10. The Balaban J connectivity index is 1.45. The monoisotopic (exact) mass is 235 g/mol. The lowest BCUT2D eigenvalue weighted by Gasteiger charge is -2.16. The van der Waals surface area contributed by atoms with E-state index in [9.17, 15) is 0 Å². The Hall–Kier alpha value is -0.340. The maximum Gasteiger partial charge on any atom is 0.0443 e. The topological polar surface area (TPSA) is 12.0 Å². The third-order valence-electron chi connectivity index (χ3n) is 3.79. The zero-order valence-corrected chi connectivity index (χ0v) is 10.6. The fourth-order valence-electron chi connectivity index (χ4n) is 2.45. The van der Waals surface area contributed by atoms with Crippen molar-refractivity contribution < 1.29 is 0 Å². The Morgan fingerprint density at radius 2 is 2.19 bits per heavy atom. The number of rotatable bonds is 7. The summed E-state index contributed by atoms with van der Waals surface area (Å²) in [4.78, 5) is 1.55. The fourth-order valence-corrected chi connectivity index (χ4v) is 3.35. The molecule has 1 unspecified atom stereocenters. The van der Waals surface area contributed by atoms with Gasteiger partial charge in [0.25, 0.3) is 0 Å². The minimum atomic E-state index is 0.666. The highest BCUT2D eigenvalue weighted by atomic mass is 32.1. The average Bonchev–Trinajstić information content (AvgIpc) is 3.20. The molecule has 1 aromatic rings. The van der Waals surface area contributed by atoms with E-state index in [4.69, 9.17) is 0 Å². The normalized spacial score (nSPS) is 22.2. The van der Waals surface area contributed by atoms with Gasteiger partial charge in [-0.15, -0.1) is 11.3 Å². The van der Waals surface area contributed by atoms with E-state index in [1.54, 1.807) is 4.88 Å². The molecule has 1 aromatic heterocycles. The van der Waals surface area contributed by atoms with Gasteiger partial charge in [0.05, 0.1) is 0 Å². The molecular formula is C14H21NS. The van der Waals surface area contributed by atoms with Crippen LogP contribution in [0.3, 0.4) is 0 Å². The van der Waals surface area contributed by atoms with Gasteiger partial charge in [-0.25, -0.2) is 0 Å². The molecule has 0 amide bonds. The van der Waals surface area contributed by atoms with Gasteiger partial charge in [-0.3, -0.25) is 0 Å². The molecule has 1 N–H and O–H groups in total. The van der Waals surface area contributed by atoms with Crippen LogP contribution in [0.4, 0.5) is 0 Å². The summed E-state index contributed by atoms with van der Waals surface area (Å²) in [7, 11) is 0. The second kappa shape index (κ2) is 4.89. The van der Waals surface area contributed by atoms with Gasteiger partial charge < -0.3 is 5.32 Å². The van der Waals surface area contributed by atoms with Crippen LogP contribution in [0, 0.1) is 11.8 Å². The van der Waals surface area contributed by atoms with Gasteiger partial charge in [-0.2, -0.15) is 0 Å². The summed E-state index contributed by atoms with van der Waals surface area (Å²) in [5.74, 6) is 2.02. The molecule has 0 spiro atoms. The Morgan fingerprint density at radius 1 is 1.31 bits per heavy atom. The van der Waals surface area contributed by atoms with E-state index in [0.29, 0.717) is 6.04 Å². The smallest absolute Gasteiger partial charge is 0.0443 e. The molecule has 0 aliphatic heterocycles. The standard InChI is InChI=1S/C14H21NS/c1(3-11-5-6-11)9-15-14(12-7-8-12)13-4-2-10-16-13/h2,4,10-12,14-15H,1,3,5-9H2. The predicted molar refractivity (Wildman–Crippen MR) is 69.7 cm³/mol. The van der Waals surface area contributed by atoms with Gasteiger partial charge in [0, 0.05) is 10.9 Å². The van der Waals surface area contributed by atoms with Crippen LogP contribution in [0.15, 0.2) is 17.5 Å². The highest BCUT2D eigenvalue weighted by Crippen LogP contribution is 2.42. The quantitative estimate of drug-likeness (QED) is 0.705. The fraction of sp³-hybridized carbons (Fsp3) is 0.714. The van der Waals surface area contributed by atoms with E-state index in [-0.39, 0.29) is 0 Å². The summed E-state index contributed by atoms with van der Waals surface area (Å²) >= 11 is 1.91. The third-order valence-corrected chi connectivity index (χ3v) is 4.75. The van der Waals surface area contributed by atoms with Crippen molar-refractivity contribution >= 4 is 11.3 Å². The molecule has 1 atom stereocenters. The SMILES string of the molecule is c1csc(C(NCCCC2CC2)C2CC2)c1. The van der Waals surface area contributed by atoms with Gasteiger partial charge in [-0.05, 0) is 55.5 Å². The van der Waals surface area contributed by atoms with Gasteiger partial charge in [0.1, 0.15) is 0 Å². The van der Waals surface area contributed by atoms with Crippen LogP contribution in [0.1, 0.15) is 49.4 Å². The summed E-state index contributed by atoms with van der Waals surface area (Å²) in [5.41, 5.74) is 0. The van der Waals surface area contributed by atoms with Gasteiger partial charge in [0.15, 0.2) is 0 Å². The van der Waals surface area contributed by atoms with Gasteiger partial charge >= 0.3 is 0 Å². The first-order valence-corrected chi connectivity index (χ1v) is 7.58. The molecule has 2 heteroatoms. The van der Waals surface area contributed by atoms with Crippen LogP contribution in [0.5, 0.6) is 0 Å². The number of thiophene rings is 1. The average molecular weight is 235 g/mol. The Bertz CT molecular complexity index is 311. The Kier molecular flexibility index (Phi) is 3.30. The molecule has 3 rings (SSSR count). The van der Waals surface area contributed by atoms with Crippen molar-refractivity contribution in [1.82, 2.24) is 5.32 Å². The van der Waals surface area contributed by atoms with Crippen LogP contribution in [-0.4, -0.2) is 6.54 Å². The highest BCUT2D eigenvalue weighted by Gasteiger charge is 2.32. The molecule has 2 aliphatic rings. The maximum absolute atomic E-state index is 3.78. The van der Waals surface area contributed by atoms with Crippen molar-refractivity contribution in [2.75, 3.05) is 6.54 Å². The van der Waals surface area contributed by atoms with Crippen molar-refractivity contribution in [3.05, 3.63) is 22.4 Å².